The maximum atomic E-state index is 11.8. The minimum absolute atomic E-state index is 0.137. The molecule has 0 aliphatic heterocycles. The lowest BCUT2D eigenvalue weighted by atomic mass is 10.1. The van der Waals surface area contributed by atoms with Gasteiger partial charge in [0.25, 0.3) is 5.91 Å². The Kier molecular flexibility index (Phi) is 7.66. The molecule has 0 heterocycles. The van der Waals surface area contributed by atoms with E-state index in [2.05, 4.69) is 20.1 Å². The van der Waals surface area contributed by atoms with Crippen molar-refractivity contribution < 1.29 is 23.9 Å². The average Bonchev–Trinajstić information content (AvgIpc) is 2.65. The lowest BCUT2D eigenvalue weighted by Gasteiger charge is -2.10. The molecule has 0 aliphatic rings. The Hall–Kier alpha value is -3.34. The number of nitrogens with one attached hydrogen (secondary N) is 2. The van der Waals surface area contributed by atoms with E-state index in [9.17, 15) is 14.4 Å². The first-order valence-electron chi connectivity index (χ1n) is 7.44. The monoisotopic (exact) mass is 345 g/mol. The fraction of sp³-hybridized carbons (Fsp3) is 0.294. The lowest BCUT2D eigenvalue weighted by molar-refractivity contribution is -0.117. The van der Waals surface area contributed by atoms with Crippen LogP contribution in [0.25, 0.3) is 0 Å². The van der Waals surface area contributed by atoms with Gasteiger partial charge >= 0.3 is 11.9 Å². The molecule has 0 fully saturated rings. The highest BCUT2D eigenvalue weighted by atomic mass is 16.5. The van der Waals surface area contributed by atoms with Crippen molar-refractivity contribution in [3.63, 3.8) is 0 Å². The summed E-state index contributed by atoms with van der Waals surface area (Å²) in [6, 6.07) is 5.93. The summed E-state index contributed by atoms with van der Waals surface area (Å²) in [6.07, 6.45) is 1.89. The molecule has 1 aromatic carbocycles. The smallest absolute Gasteiger partial charge is 0.339 e. The predicted octanol–water partition coefficient (Wildman–Crippen LogP) is 1.61. The van der Waals surface area contributed by atoms with Gasteiger partial charge in [-0.25, -0.2) is 9.59 Å². The van der Waals surface area contributed by atoms with E-state index < -0.39 is 17.8 Å². The van der Waals surface area contributed by atoms with E-state index >= 15 is 0 Å². The zero-order chi connectivity index (χ0) is 18.8. The molecule has 25 heavy (non-hydrogen) atoms. The standard InChI is InChI=1S/C17H19N3O5/c1-4-7-19-15(21)12(9-18)10-20-14-8-11(16(22)24-2)5-6-13(14)17(23)25-3/h5-6,8,10,20H,4,7H2,1-3H3,(H,19,21)/b12-10-. The minimum Gasteiger partial charge on any atom is -0.465 e. The lowest BCUT2D eigenvalue weighted by Crippen LogP contribution is -2.25. The van der Waals surface area contributed by atoms with Crippen LogP contribution < -0.4 is 10.6 Å². The fourth-order valence-corrected chi connectivity index (χ4v) is 1.83. The van der Waals surface area contributed by atoms with Gasteiger partial charge < -0.3 is 20.1 Å². The number of carbonyl (C=O) groups is 3. The number of carbonyl (C=O) groups excluding carboxylic acids is 3. The summed E-state index contributed by atoms with van der Waals surface area (Å²) in [4.78, 5) is 35.3. The van der Waals surface area contributed by atoms with Gasteiger partial charge in [-0.3, -0.25) is 4.79 Å². The third-order valence-corrected chi connectivity index (χ3v) is 3.12. The van der Waals surface area contributed by atoms with Crippen LogP contribution in [-0.4, -0.2) is 38.6 Å². The molecule has 8 heteroatoms. The molecule has 132 valence electrons. The predicted molar refractivity (Wildman–Crippen MR) is 89.7 cm³/mol. The third-order valence-electron chi connectivity index (χ3n) is 3.12. The quantitative estimate of drug-likeness (QED) is 0.438. The summed E-state index contributed by atoms with van der Waals surface area (Å²) in [5.74, 6) is -1.77. The average molecular weight is 345 g/mol. The van der Waals surface area contributed by atoms with E-state index in [1.54, 1.807) is 6.07 Å². The Balaban J connectivity index is 3.17. The number of hydrogen-bond acceptors (Lipinski definition) is 7. The molecule has 0 spiro atoms. The van der Waals surface area contributed by atoms with Crippen LogP contribution >= 0.6 is 0 Å². The van der Waals surface area contributed by atoms with Crippen molar-refractivity contribution in [3.8, 4) is 6.07 Å². The number of anilines is 1. The number of esters is 2. The Bertz CT molecular complexity index is 734. The molecule has 0 atom stereocenters. The second-order valence-corrected chi connectivity index (χ2v) is 4.81. The highest BCUT2D eigenvalue weighted by Crippen LogP contribution is 2.20. The number of ether oxygens (including phenoxy) is 2. The van der Waals surface area contributed by atoms with Crippen molar-refractivity contribution in [2.45, 2.75) is 13.3 Å². The maximum Gasteiger partial charge on any atom is 0.339 e. The van der Waals surface area contributed by atoms with Crippen molar-refractivity contribution in [2.24, 2.45) is 0 Å². The van der Waals surface area contributed by atoms with Crippen LogP contribution in [0.2, 0.25) is 0 Å². The first-order chi connectivity index (χ1) is 12.0. The highest BCUT2D eigenvalue weighted by Gasteiger charge is 2.16. The first-order valence-corrected chi connectivity index (χ1v) is 7.44. The van der Waals surface area contributed by atoms with Crippen molar-refractivity contribution >= 4 is 23.5 Å². The molecule has 0 aromatic heterocycles. The maximum absolute atomic E-state index is 11.8. The van der Waals surface area contributed by atoms with Crippen molar-refractivity contribution in [3.05, 3.63) is 41.1 Å². The normalized spacial score (nSPS) is 10.4. The van der Waals surface area contributed by atoms with Gasteiger partial charge in [0.1, 0.15) is 11.6 Å². The molecule has 8 nitrogen and oxygen atoms in total. The Morgan fingerprint density at radius 2 is 1.88 bits per heavy atom. The van der Waals surface area contributed by atoms with Crippen LogP contribution in [0.5, 0.6) is 0 Å². The number of hydrogen-bond donors (Lipinski definition) is 2. The molecular weight excluding hydrogens is 326 g/mol. The van der Waals surface area contributed by atoms with E-state index in [-0.39, 0.29) is 22.4 Å². The van der Waals surface area contributed by atoms with E-state index in [0.29, 0.717) is 6.54 Å². The van der Waals surface area contributed by atoms with Crippen LogP contribution in [0.1, 0.15) is 34.1 Å². The van der Waals surface area contributed by atoms with Crippen LogP contribution in [-0.2, 0) is 14.3 Å². The summed E-state index contributed by atoms with van der Waals surface area (Å²) < 4.78 is 9.31. The van der Waals surface area contributed by atoms with Gasteiger partial charge in [0.2, 0.25) is 0 Å². The van der Waals surface area contributed by atoms with Gasteiger partial charge in [0.15, 0.2) is 0 Å². The number of nitrogens with zero attached hydrogens (tertiary/aromatic N) is 1. The van der Waals surface area contributed by atoms with E-state index in [1.165, 1.54) is 32.4 Å². The van der Waals surface area contributed by atoms with Gasteiger partial charge in [0, 0.05) is 12.7 Å². The van der Waals surface area contributed by atoms with E-state index in [0.717, 1.165) is 12.6 Å². The summed E-state index contributed by atoms with van der Waals surface area (Å²) in [5.41, 5.74) is 0.358. The Labute approximate surface area is 145 Å². The summed E-state index contributed by atoms with van der Waals surface area (Å²) in [7, 11) is 2.45. The van der Waals surface area contributed by atoms with E-state index in [4.69, 9.17) is 5.26 Å². The van der Waals surface area contributed by atoms with Gasteiger partial charge in [-0.05, 0) is 24.6 Å². The highest BCUT2D eigenvalue weighted by molar-refractivity contribution is 6.00. The summed E-state index contributed by atoms with van der Waals surface area (Å²) in [6.45, 7) is 2.32. The van der Waals surface area contributed by atoms with Gasteiger partial charge in [-0.1, -0.05) is 6.92 Å². The zero-order valence-corrected chi connectivity index (χ0v) is 14.2. The Morgan fingerprint density at radius 3 is 2.44 bits per heavy atom. The number of amides is 1. The van der Waals surface area contributed by atoms with Crippen LogP contribution in [0.15, 0.2) is 30.0 Å². The van der Waals surface area contributed by atoms with Gasteiger partial charge in [0.05, 0.1) is 31.0 Å². The number of rotatable bonds is 7. The molecule has 1 aromatic rings. The zero-order valence-electron chi connectivity index (χ0n) is 14.2. The van der Waals surface area contributed by atoms with E-state index in [1.807, 2.05) is 6.92 Å². The van der Waals surface area contributed by atoms with Crippen molar-refractivity contribution in [1.82, 2.24) is 5.32 Å². The first kappa shape index (κ1) is 19.7. The van der Waals surface area contributed by atoms with Crippen LogP contribution in [0.4, 0.5) is 5.69 Å². The molecule has 0 unspecified atom stereocenters. The molecule has 2 N–H and O–H groups in total. The molecule has 0 aliphatic carbocycles. The Morgan fingerprint density at radius 1 is 1.20 bits per heavy atom. The molecule has 0 saturated carbocycles. The second-order valence-electron chi connectivity index (χ2n) is 4.81. The topological polar surface area (TPSA) is 118 Å². The summed E-state index contributed by atoms with van der Waals surface area (Å²) in [5, 5.41) is 14.4. The minimum atomic E-state index is -0.638. The number of methoxy groups -OCH3 is 2. The van der Waals surface area contributed by atoms with Crippen LogP contribution in [0, 0.1) is 11.3 Å². The van der Waals surface area contributed by atoms with Crippen LogP contribution in [0.3, 0.4) is 0 Å². The third kappa shape index (κ3) is 5.35. The molecule has 1 rings (SSSR count). The van der Waals surface area contributed by atoms with Crippen molar-refractivity contribution in [1.29, 1.82) is 5.26 Å². The number of nitriles is 1. The van der Waals surface area contributed by atoms with Gasteiger partial charge in [-0.2, -0.15) is 5.26 Å². The molecule has 0 bridgehead atoms. The molecule has 1 amide bonds. The molecule has 0 radical (unpaired) electrons. The van der Waals surface area contributed by atoms with Gasteiger partial charge in [-0.15, -0.1) is 0 Å². The summed E-state index contributed by atoms with van der Waals surface area (Å²) >= 11 is 0. The second kappa shape index (κ2) is 9.72. The molecular formula is C17H19N3O5. The molecule has 0 saturated heterocycles. The SMILES string of the molecule is CCCNC(=O)/C(C#N)=C\Nc1cc(C(=O)OC)ccc1C(=O)OC. The van der Waals surface area contributed by atoms with Crippen molar-refractivity contribution in [2.75, 3.05) is 26.1 Å². The largest absolute Gasteiger partial charge is 0.465 e. The number of benzene rings is 1. The fourth-order valence-electron chi connectivity index (χ4n) is 1.83.